The van der Waals surface area contributed by atoms with Crippen LogP contribution in [-0.2, 0) is 14.3 Å². The van der Waals surface area contributed by atoms with E-state index in [9.17, 15) is 9.59 Å². The maximum absolute atomic E-state index is 10.8. The summed E-state index contributed by atoms with van der Waals surface area (Å²) in [5.74, 6) is -1.26. The van der Waals surface area contributed by atoms with Crippen molar-refractivity contribution in [2.24, 2.45) is 0 Å². The van der Waals surface area contributed by atoms with E-state index >= 15 is 0 Å². The topological polar surface area (TPSA) is 63.6 Å². The van der Waals surface area contributed by atoms with Gasteiger partial charge >= 0.3 is 0 Å². The number of hydrogen-bond acceptors (Lipinski definition) is 4. The van der Waals surface area contributed by atoms with Gasteiger partial charge in [-0.05, 0) is 6.92 Å². The van der Waals surface area contributed by atoms with Crippen LogP contribution in [0.1, 0.15) is 13.8 Å². The molecule has 0 heterocycles. The van der Waals surface area contributed by atoms with Crippen molar-refractivity contribution in [3.8, 4) is 0 Å². The second-order valence-electron chi connectivity index (χ2n) is 2.05. The summed E-state index contributed by atoms with van der Waals surface area (Å²) in [6, 6.07) is 0. The Hall–Kier alpha value is -0.740. The van der Waals surface area contributed by atoms with Crippen LogP contribution in [0.3, 0.4) is 0 Å². The third-order valence-electron chi connectivity index (χ3n) is 1.17. The molecule has 0 fully saturated rings. The van der Waals surface area contributed by atoms with Gasteiger partial charge in [0.1, 0.15) is 6.10 Å². The van der Waals surface area contributed by atoms with Gasteiger partial charge < -0.3 is 9.84 Å². The van der Waals surface area contributed by atoms with Gasteiger partial charge in [-0.1, -0.05) is 0 Å². The number of carbonyl (C=O) groups is 2. The first-order chi connectivity index (χ1) is 5.13. The average Bonchev–Trinajstić information content (AvgIpc) is 1.98. The monoisotopic (exact) mass is 160 g/mol. The van der Waals surface area contributed by atoms with Crippen LogP contribution < -0.4 is 0 Å². The minimum absolute atomic E-state index is 0.310. The smallest absolute Gasteiger partial charge is 0.229 e. The Bertz CT molecular complexity index is 153. The highest BCUT2D eigenvalue weighted by Crippen LogP contribution is 1.93. The normalized spacial score (nSPS) is 12.6. The molecular formula is C7H12O4. The number of rotatable bonds is 5. The molecule has 4 heteroatoms. The van der Waals surface area contributed by atoms with Crippen LogP contribution in [-0.4, -0.2) is 36.0 Å². The molecule has 0 aromatic carbocycles. The molecule has 11 heavy (non-hydrogen) atoms. The standard InChI is InChI=1S/C7H12O4/c1-3-11-6(4-8)7(10)5(2)9/h6,8H,3-4H2,1-2H3. The summed E-state index contributed by atoms with van der Waals surface area (Å²) in [6.07, 6.45) is -0.975. The Balaban J connectivity index is 4.02. The Morgan fingerprint density at radius 1 is 1.55 bits per heavy atom. The van der Waals surface area contributed by atoms with Gasteiger partial charge in [-0.15, -0.1) is 0 Å². The molecule has 1 N–H and O–H groups in total. The van der Waals surface area contributed by atoms with Gasteiger partial charge in [-0.25, -0.2) is 0 Å². The van der Waals surface area contributed by atoms with E-state index in [0.717, 1.165) is 6.92 Å². The lowest BCUT2D eigenvalue weighted by Crippen LogP contribution is -2.32. The number of aliphatic hydroxyl groups is 1. The number of Topliss-reactive ketones (excluding diaryl/α,β-unsaturated/α-hetero) is 2. The highest BCUT2D eigenvalue weighted by atomic mass is 16.5. The summed E-state index contributed by atoms with van der Waals surface area (Å²) in [5.41, 5.74) is 0. The first-order valence-electron chi connectivity index (χ1n) is 3.40. The van der Waals surface area contributed by atoms with E-state index in [2.05, 4.69) is 0 Å². The van der Waals surface area contributed by atoms with Crippen LogP contribution in [0.15, 0.2) is 0 Å². The van der Waals surface area contributed by atoms with Crippen LogP contribution in [0.4, 0.5) is 0 Å². The molecule has 4 nitrogen and oxygen atoms in total. The van der Waals surface area contributed by atoms with Crippen LogP contribution in [0.25, 0.3) is 0 Å². The second-order valence-corrected chi connectivity index (χ2v) is 2.05. The lowest BCUT2D eigenvalue weighted by molar-refractivity contribution is -0.144. The summed E-state index contributed by atoms with van der Waals surface area (Å²) >= 11 is 0. The molecule has 0 saturated carbocycles. The zero-order valence-electron chi connectivity index (χ0n) is 6.66. The fourth-order valence-electron chi connectivity index (χ4n) is 0.639. The van der Waals surface area contributed by atoms with Gasteiger partial charge in [-0.3, -0.25) is 9.59 Å². The molecule has 0 rings (SSSR count). The maximum atomic E-state index is 10.8. The summed E-state index contributed by atoms with van der Waals surface area (Å²) in [5, 5.41) is 8.58. The molecule has 0 bridgehead atoms. The van der Waals surface area contributed by atoms with Crippen molar-refractivity contribution in [2.75, 3.05) is 13.2 Å². The minimum atomic E-state index is -0.975. The van der Waals surface area contributed by atoms with Gasteiger partial charge in [0.15, 0.2) is 5.78 Å². The highest BCUT2D eigenvalue weighted by Gasteiger charge is 2.20. The number of ether oxygens (including phenoxy) is 1. The third-order valence-corrected chi connectivity index (χ3v) is 1.17. The van der Waals surface area contributed by atoms with E-state index in [1.165, 1.54) is 0 Å². The van der Waals surface area contributed by atoms with Gasteiger partial charge in [0.25, 0.3) is 0 Å². The molecule has 0 radical (unpaired) electrons. The Kier molecular flexibility index (Phi) is 4.65. The molecule has 0 aliphatic rings. The van der Waals surface area contributed by atoms with E-state index in [0.29, 0.717) is 6.61 Å². The molecule has 0 spiro atoms. The molecule has 1 atom stereocenters. The molecule has 0 aliphatic carbocycles. The van der Waals surface area contributed by atoms with Crippen LogP contribution in [0.2, 0.25) is 0 Å². The largest absolute Gasteiger partial charge is 0.393 e. The van der Waals surface area contributed by atoms with Crippen molar-refractivity contribution in [1.82, 2.24) is 0 Å². The summed E-state index contributed by atoms with van der Waals surface area (Å²) < 4.78 is 4.79. The van der Waals surface area contributed by atoms with Gasteiger partial charge in [0, 0.05) is 13.5 Å². The van der Waals surface area contributed by atoms with Gasteiger partial charge in [-0.2, -0.15) is 0 Å². The highest BCUT2D eigenvalue weighted by molar-refractivity contribution is 6.38. The van der Waals surface area contributed by atoms with E-state index in [4.69, 9.17) is 9.84 Å². The van der Waals surface area contributed by atoms with E-state index in [1.807, 2.05) is 0 Å². The van der Waals surface area contributed by atoms with Crippen LogP contribution >= 0.6 is 0 Å². The number of hydrogen-bond donors (Lipinski definition) is 1. The molecule has 0 aromatic heterocycles. The fourth-order valence-corrected chi connectivity index (χ4v) is 0.639. The quantitative estimate of drug-likeness (QED) is 0.553. The minimum Gasteiger partial charge on any atom is -0.393 e. The van der Waals surface area contributed by atoms with Crippen LogP contribution in [0.5, 0.6) is 0 Å². The van der Waals surface area contributed by atoms with Crippen molar-refractivity contribution in [3.63, 3.8) is 0 Å². The van der Waals surface area contributed by atoms with Crippen molar-refractivity contribution in [1.29, 1.82) is 0 Å². The lowest BCUT2D eigenvalue weighted by atomic mass is 10.2. The van der Waals surface area contributed by atoms with Crippen molar-refractivity contribution in [3.05, 3.63) is 0 Å². The molecule has 0 amide bonds. The summed E-state index contributed by atoms with van der Waals surface area (Å²) in [7, 11) is 0. The van der Waals surface area contributed by atoms with E-state index < -0.39 is 24.3 Å². The van der Waals surface area contributed by atoms with Crippen molar-refractivity contribution < 1.29 is 19.4 Å². The second kappa shape index (κ2) is 4.98. The van der Waals surface area contributed by atoms with E-state index in [-0.39, 0.29) is 0 Å². The summed E-state index contributed by atoms with van der Waals surface area (Å²) in [6.45, 7) is 2.72. The number of aliphatic hydroxyl groups excluding tert-OH is 1. The predicted octanol–water partition coefficient (Wildman–Crippen LogP) is -0.458. The van der Waals surface area contributed by atoms with Crippen molar-refractivity contribution >= 4 is 11.6 Å². The van der Waals surface area contributed by atoms with Gasteiger partial charge in [0.2, 0.25) is 5.78 Å². The number of ketones is 2. The Morgan fingerprint density at radius 3 is 2.36 bits per heavy atom. The molecule has 0 aromatic rings. The van der Waals surface area contributed by atoms with Crippen LogP contribution in [0, 0.1) is 0 Å². The molecule has 0 saturated heterocycles. The number of carbonyl (C=O) groups excluding carboxylic acids is 2. The Labute approximate surface area is 65.2 Å². The molecule has 1 unspecified atom stereocenters. The third kappa shape index (κ3) is 3.25. The lowest BCUT2D eigenvalue weighted by Gasteiger charge is -2.09. The molecule has 64 valence electrons. The predicted molar refractivity (Wildman–Crippen MR) is 38.2 cm³/mol. The summed E-state index contributed by atoms with van der Waals surface area (Å²) in [4.78, 5) is 21.3. The van der Waals surface area contributed by atoms with Gasteiger partial charge in [0.05, 0.1) is 6.61 Å². The van der Waals surface area contributed by atoms with Crippen molar-refractivity contribution in [2.45, 2.75) is 20.0 Å². The fraction of sp³-hybridized carbons (Fsp3) is 0.714. The zero-order chi connectivity index (χ0) is 8.85. The molecular weight excluding hydrogens is 148 g/mol. The zero-order valence-corrected chi connectivity index (χ0v) is 6.66. The first-order valence-corrected chi connectivity index (χ1v) is 3.40. The SMILES string of the molecule is CCOC(CO)C(=O)C(C)=O. The first kappa shape index (κ1) is 10.3. The maximum Gasteiger partial charge on any atom is 0.229 e. The average molecular weight is 160 g/mol. The van der Waals surface area contributed by atoms with E-state index in [1.54, 1.807) is 6.92 Å². The Morgan fingerprint density at radius 2 is 2.09 bits per heavy atom. The molecule has 0 aliphatic heterocycles.